The molecule has 2 aliphatic rings. The van der Waals surface area contributed by atoms with Crippen LogP contribution < -0.4 is 4.74 Å². The second kappa shape index (κ2) is 8.81. The Morgan fingerprint density at radius 1 is 1.07 bits per heavy atom. The van der Waals surface area contributed by atoms with Gasteiger partial charge >= 0.3 is 0 Å². The van der Waals surface area contributed by atoms with Gasteiger partial charge in [-0.1, -0.05) is 25.1 Å². The summed E-state index contributed by atoms with van der Waals surface area (Å²) in [7, 11) is -3.11. The van der Waals surface area contributed by atoms with Gasteiger partial charge in [0.2, 0.25) is 10.0 Å². The molecule has 2 aliphatic heterocycles. The molecular weight excluding hydrogens is 386 g/mol. The molecule has 7 heteroatoms. The zero-order valence-electron chi connectivity index (χ0n) is 16.9. The highest BCUT2D eigenvalue weighted by Gasteiger charge is 2.46. The Morgan fingerprint density at radius 2 is 1.76 bits per heavy atom. The van der Waals surface area contributed by atoms with Crippen molar-refractivity contribution in [2.24, 2.45) is 0 Å². The second-order valence-electron chi connectivity index (χ2n) is 7.84. The number of rotatable bonds is 7. The van der Waals surface area contributed by atoms with Crippen LogP contribution in [-0.2, 0) is 10.0 Å². The molecule has 0 bridgehead atoms. The van der Waals surface area contributed by atoms with Gasteiger partial charge in [-0.25, -0.2) is 12.7 Å². The summed E-state index contributed by atoms with van der Waals surface area (Å²) in [5.74, 6) is 1.13. The number of ether oxygens (including phenoxy) is 1. The summed E-state index contributed by atoms with van der Waals surface area (Å²) < 4.78 is 32.7. The maximum absolute atomic E-state index is 12.4. The Kier molecular flexibility index (Phi) is 6.18. The molecule has 0 amide bonds. The van der Waals surface area contributed by atoms with Gasteiger partial charge in [0.1, 0.15) is 11.9 Å². The van der Waals surface area contributed by atoms with Crippen molar-refractivity contribution in [3.8, 4) is 5.75 Å². The number of benzene rings is 1. The van der Waals surface area contributed by atoms with Crippen LogP contribution in [0.5, 0.6) is 5.75 Å². The first-order chi connectivity index (χ1) is 14.1. The van der Waals surface area contributed by atoms with E-state index in [0.717, 1.165) is 25.1 Å². The lowest BCUT2D eigenvalue weighted by molar-refractivity contribution is -0.0826. The van der Waals surface area contributed by atoms with E-state index in [0.29, 0.717) is 25.6 Å². The number of hydrogen-bond acceptors (Lipinski definition) is 5. The van der Waals surface area contributed by atoms with Crippen LogP contribution >= 0.6 is 0 Å². The van der Waals surface area contributed by atoms with Gasteiger partial charge in [0, 0.05) is 38.1 Å². The molecule has 2 saturated heterocycles. The highest BCUT2D eigenvalue weighted by atomic mass is 32.2. The number of pyridine rings is 1. The van der Waals surface area contributed by atoms with Crippen molar-refractivity contribution in [3.05, 3.63) is 60.4 Å². The van der Waals surface area contributed by atoms with Crippen LogP contribution in [0.2, 0.25) is 0 Å². The molecule has 1 aromatic heterocycles. The summed E-state index contributed by atoms with van der Waals surface area (Å²) >= 11 is 0. The quantitative estimate of drug-likeness (QED) is 0.695. The highest BCUT2D eigenvalue weighted by Crippen LogP contribution is 2.40. The van der Waals surface area contributed by atoms with E-state index in [1.165, 1.54) is 5.56 Å². The van der Waals surface area contributed by atoms with E-state index in [-0.39, 0.29) is 17.9 Å². The van der Waals surface area contributed by atoms with Crippen molar-refractivity contribution in [3.63, 3.8) is 0 Å². The fraction of sp³-hybridized carbons (Fsp3) is 0.500. The molecule has 2 aromatic rings. The lowest BCUT2D eigenvalue weighted by atomic mass is 9.87. The molecule has 0 unspecified atom stereocenters. The van der Waals surface area contributed by atoms with Crippen molar-refractivity contribution in [1.29, 1.82) is 0 Å². The van der Waals surface area contributed by atoms with Crippen LogP contribution in [0.4, 0.5) is 0 Å². The second-order valence-corrected chi connectivity index (χ2v) is 9.93. The van der Waals surface area contributed by atoms with E-state index in [1.807, 2.05) is 49.6 Å². The molecular formula is C22H29N3O3S. The fourth-order valence-electron chi connectivity index (χ4n) is 4.45. The number of sulfonamides is 1. The summed E-state index contributed by atoms with van der Waals surface area (Å²) in [6.45, 7) is 3.98. The first kappa shape index (κ1) is 20.3. The van der Waals surface area contributed by atoms with E-state index < -0.39 is 10.0 Å². The van der Waals surface area contributed by atoms with Gasteiger partial charge in [-0.2, -0.15) is 0 Å². The van der Waals surface area contributed by atoms with Gasteiger partial charge < -0.3 is 4.74 Å². The maximum Gasteiger partial charge on any atom is 0.214 e. The monoisotopic (exact) mass is 415 g/mol. The molecule has 3 heterocycles. The van der Waals surface area contributed by atoms with Crippen LogP contribution in [-0.4, -0.2) is 60.1 Å². The van der Waals surface area contributed by atoms with Crippen molar-refractivity contribution in [2.75, 3.05) is 25.4 Å². The average Bonchev–Trinajstić information content (AvgIpc) is 2.72. The summed E-state index contributed by atoms with van der Waals surface area (Å²) in [6.07, 6.45) is 6.13. The van der Waals surface area contributed by atoms with E-state index in [1.54, 1.807) is 4.31 Å². The summed E-state index contributed by atoms with van der Waals surface area (Å²) in [6, 6.07) is 14.6. The van der Waals surface area contributed by atoms with Gasteiger partial charge in [0.25, 0.3) is 0 Å². The van der Waals surface area contributed by atoms with E-state index in [4.69, 9.17) is 4.74 Å². The van der Waals surface area contributed by atoms with Crippen LogP contribution in [0.3, 0.4) is 0 Å². The minimum absolute atomic E-state index is 0.0849. The largest absolute Gasteiger partial charge is 0.487 e. The Bertz CT molecular complexity index is 884. The highest BCUT2D eigenvalue weighted by molar-refractivity contribution is 7.89. The van der Waals surface area contributed by atoms with Crippen molar-refractivity contribution in [1.82, 2.24) is 14.2 Å². The Morgan fingerprint density at radius 3 is 2.41 bits per heavy atom. The van der Waals surface area contributed by atoms with Crippen LogP contribution in [0.25, 0.3) is 0 Å². The number of aromatic nitrogens is 1. The lowest BCUT2D eigenvalue weighted by Crippen LogP contribution is -2.61. The Balaban J connectivity index is 1.45. The third kappa shape index (κ3) is 4.47. The lowest BCUT2D eigenvalue weighted by Gasteiger charge is -2.53. The SMILES string of the molecule is CCCS(=O)(=O)N1CCC(N2C[C@H](Oc3ccccc3)[C@@H]2c2ccncc2)CC1. The summed E-state index contributed by atoms with van der Waals surface area (Å²) in [5, 5.41) is 0. The zero-order chi connectivity index (χ0) is 20.3. The van der Waals surface area contributed by atoms with Gasteiger partial charge in [-0.15, -0.1) is 0 Å². The summed E-state index contributed by atoms with van der Waals surface area (Å²) in [5.41, 5.74) is 1.20. The molecule has 4 rings (SSSR count). The Hall–Kier alpha value is -1.96. The number of hydrogen-bond donors (Lipinski definition) is 0. The van der Waals surface area contributed by atoms with Crippen LogP contribution in [0.15, 0.2) is 54.9 Å². The van der Waals surface area contributed by atoms with Gasteiger partial charge in [-0.05, 0) is 49.1 Å². The molecule has 156 valence electrons. The van der Waals surface area contributed by atoms with E-state index in [2.05, 4.69) is 22.0 Å². The van der Waals surface area contributed by atoms with E-state index >= 15 is 0 Å². The molecule has 0 N–H and O–H groups in total. The molecule has 2 fully saturated rings. The van der Waals surface area contributed by atoms with Crippen molar-refractivity contribution >= 4 is 10.0 Å². The van der Waals surface area contributed by atoms with E-state index in [9.17, 15) is 8.42 Å². The standard InChI is InChI=1S/C22H29N3O3S/c1-2-16-29(26,27)24-14-10-19(11-15-24)25-17-21(28-20-6-4-3-5-7-20)22(25)18-8-12-23-13-9-18/h3-9,12-13,19,21-22H,2,10-11,14-17H2,1H3/t21-,22-/m0/s1. The van der Waals surface area contributed by atoms with Crippen molar-refractivity contribution in [2.45, 2.75) is 44.4 Å². The minimum Gasteiger partial charge on any atom is -0.487 e. The summed E-state index contributed by atoms with van der Waals surface area (Å²) in [4.78, 5) is 6.63. The Labute approximate surface area is 173 Å². The molecule has 1 aromatic carbocycles. The molecule has 0 radical (unpaired) electrons. The minimum atomic E-state index is -3.11. The smallest absolute Gasteiger partial charge is 0.214 e. The predicted octanol–water partition coefficient (Wildman–Crippen LogP) is 3.09. The first-order valence-electron chi connectivity index (χ1n) is 10.4. The predicted molar refractivity (Wildman–Crippen MR) is 113 cm³/mol. The average molecular weight is 416 g/mol. The van der Waals surface area contributed by atoms with Gasteiger partial charge in [-0.3, -0.25) is 9.88 Å². The van der Waals surface area contributed by atoms with Crippen molar-refractivity contribution < 1.29 is 13.2 Å². The third-order valence-corrected chi connectivity index (χ3v) is 8.00. The first-order valence-corrected chi connectivity index (χ1v) is 12.0. The number of piperidine rings is 1. The van der Waals surface area contributed by atoms with Crippen LogP contribution in [0.1, 0.15) is 37.8 Å². The molecule has 0 saturated carbocycles. The molecule has 6 nitrogen and oxygen atoms in total. The molecule has 0 spiro atoms. The zero-order valence-corrected chi connectivity index (χ0v) is 17.7. The third-order valence-electron chi connectivity index (χ3n) is 5.93. The molecule has 0 aliphatic carbocycles. The number of nitrogens with zero attached hydrogens (tertiary/aromatic N) is 3. The maximum atomic E-state index is 12.4. The van der Waals surface area contributed by atoms with Crippen LogP contribution in [0, 0.1) is 0 Å². The topological polar surface area (TPSA) is 62.7 Å². The van der Waals surface area contributed by atoms with Gasteiger partial charge in [0.15, 0.2) is 0 Å². The number of para-hydroxylation sites is 1. The molecule has 29 heavy (non-hydrogen) atoms. The normalized spacial score (nSPS) is 24.2. The van der Waals surface area contributed by atoms with Gasteiger partial charge in [0.05, 0.1) is 11.8 Å². The fourth-order valence-corrected chi connectivity index (χ4v) is 6.00. The number of likely N-dealkylation sites (tertiary alicyclic amines) is 1. The molecule has 2 atom stereocenters.